The lowest BCUT2D eigenvalue weighted by Crippen LogP contribution is -2.60. The van der Waals surface area contributed by atoms with E-state index in [1.165, 1.54) is 27.0 Å². The zero-order valence-electron chi connectivity index (χ0n) is 34.1. The third kappa shape index (κ3) is 8.40. The number of alkyl carbamates (subject to hydrolysis) is 1. The van der Waals surface area contributed by atoms with E-state index < -0.39 is 96.0 Å². The van der Waals surface area contributed by atoms with Gasteiger partial charge in [0, 0.05) is 54.8 Å². The van der Waals surface area contributed by atoms with Crippen LogP contribution in [0.4, 0.5) is 9.18 Å². The Bertz CT molecular complexity index is 1790. The van der Waals surface area contributed by atoms with Crippen molar-refractivity contribution in [3.63, 3.8) is 0 Å². The zero-order chi connectivity index (χ0) is 41.3. The molecule has 2 aromatic rings. The maximum Gasteiger partial charge on any atom is 0.408 e. The Morgan fingerprint density at radius 2 is 1.75 bits per heavy atom. The van der Waals surface area contributed by atoms with E-state index in [4.69, 9.17) is 23.7 Å². The first-order valence-corrected chi connectivity index (χ1v) is 19.5. The number of aliphatic hydroxyl groups is 1. The van der Waals surface area contributed by atoms with E-state index >= 15 is 4.39 Å². The molecule has 13 nitrogen and oxygen atoms in total. The molecular formula is C42H58FN3O10. The number of allylic oxidation sites excluding steroid dienone is 1. The average Bonchev–Trinajstić information content (AvgIpc) is 3.49. The number of aliphatic hydroxyl groups excluding tert-OH is 1. The minimum absolute atomic E-state index is 0.0637. The van der Waals surface area contributed by atoms with Gasteiger partial charge < -0.3 is 39.0 Å². The number of aromatic nitrogens is 1. The van der Waals surface area contributed by atoms with E-state index in [0.29, 0.717) is 12.0 Å². The molecule has 0 aliphatic carbocycles. The maximum atomic E-state index is 17.9. The van der Waals surface area contributed by atoms with Gasteiger partial charge in [0.2, 0.25) is 0 Å². The highest BCUT2D eigenvalue weighted by molar-refractivity contribution is 6.08. The standard InChI is InChI=1S/C42H58FN3O10/c1-11-31-41(7)36(45-40(51)56-41)24(4)32(47)23(3)34(52-10)25(5)35(55-38-33(48)30(46(8)9)19-22(2)53-38)26(6)37(49)42(43,39(50)54-31)18-14-15-27-20-28-16-12-13-17-29(28)44-21-27/h12-17,20-26,30-31,33-36,38,48H,11,18-19H2,1-10H3,(H,45,51)/b15-14+/t22-,23+,24+,25+,26-,30+,31-,33-,34+,35+,36?,38+,41-,42?/m1/s1. The second-order valence-electron chi connectivity index (χ2n) is 16.2. The van der Waals surface area contributed by atoms with Crippen molar-refractivity contribution in [3.8, 4) is 0 Å². The second-order valence-corrected chi connectivity index (χ2v) is 16.2. The summed E-state index contributed by atoms with van der Waals surface area (Å²) in [6, 6.07) is 8.00. The van der Waals surface area contributed by atoms with Gasteiger partial charge in [-0.25, -0.2) is 14.0 Å². The van der Waals surface area contributed by atoms with Crippen LogP contribution in [0.25, 0.3) is 17.0 Å². The summed E-state index contributed by atoms with van der Waals surface area (Å²) in [5.41, 5.74) is -3.48. The highest BCUT2D eigenvalue weighted by Crippen LogP contribution is 2.40. The number of ether oxygens (including phenoxy) is 5. The molecule has 1 aromatic heterocycles. The summed E-state index contributed by atoms with van der Waals surface area (Å²) >= 11 is 0. The fourth-order valence-corrected chi connectivity index (χ4v) is 8.92. The minimum Gasteiger partial charge on any atom is -0.455 e. The third-order valence-corrected chi connectivity index (χ3v) is 12.2. The number of rotatable bonds is 8. The van der Waals surface area contributed by atoms with E-state index in [-0.39, 0.29) is 24.3 Å². The van der Waals surface area contributed by atoms with Crippen molar-refractivity contribution >= 4 is 40.6 Å². The molecule has 308 valence electrons. The van der Waals surface area contributed by atoms with Crippen LogP contribution in [-0.2, 0) is 38.1 Å². The van der Waals surface area contributed by atoms with E-state index in [1.54, 1.807) is 40.0 Å². The van der Waals surface area contributed by atoms with Gasteiger partial charge in [-0.3, -0.25) is 14.6 Å². The number of nitrogens with one attached hydrogen (secondary N) is 1. The summed E-state index contributed by atoms with van der Waals surface area (Å²) in [7, 11) is 5.08. The molecule has 56 heavy (non-hydrogen) atoms. The number of carbonyl (C=O) groups excluding carboxylic acids is 4. The van der Waals surface area contributed by atoms with Crippen LogP contribution < -0.4 is 5.32 Å². The Hall–Kier alpha value is -3.82. The number of halogens is 1. The van der Waals surface area contributed by atoms with Crippen LogP contribution in [0.15, 0.2) is 42.6 Å². The SMILES string of the molecule is CC[C@H]1OC(=O)C(F)(C/C=C/c2cnc3ccccc3c2)C(=O)[C@H](C)[C@@H](O[C@@H]2O[C@H](C)C[C@H](N(C)C)[C@H]2O)[C@@H](C)[C@@H](OC)[C@@H](C)C(=O)[C@H](C)C2NC(=O)O[C@@]21C. The number of hydrogen-bond donors (Lipinski definition) is 2. The number of methoxy groups -OCH3 is 1. The highest BCUT2D eigenvalue weighted by Gasteiger charge is 2.59. The van der Waals surface area contributed by atoms with Crippen LogP contribution >= 0.6 is 0 Å². The number of para-hydroxylation sites is 1. The predicted molar refractivity (Wildman–Crippen MR) is 206 cm³/mol. The van der Waals surface area contributed by atoms with Crippen LogP contribution in [0.1, 0.15) is 73.3 Å². The van der Waals surface area contributed by atoms with Crippen LogP contribution in [0, 0.1) is 23.7 Å². The monoisotopic (exact) mass is 783 g/mol. The summed E-state index contributed by atoms with van der Waals surface area (Å²) < 4.78 is 48.2. The number of amides is 1. The number of cyclic esters (lactones) is 1. The van der Waals surface area contributed by atoms with Crippen molar-refractivity contribution in [1.82, 2.24) is 15.2 Å². The molecule has 1 amide bonds. The molecule has 14 atom stereocenters. The Morgan fingerprint density at radius 3 is 2.41 bits per heavy atom. The normalized spacial score (nSPS) is 38.9. The number of benzene rings is 1. The highest BCUT2D eigenvalue weighted by atomic mass is 19.1. The van der Waals surface area contributed by atoms with Crippen molar-refractivity contribution < 1.29 is 52.4 Å². The van der Waals surface area contributed by atoms with E-state index in [0.717, 1.165) is 10.9 Å². The average molecular weight is 784 g/mol. The number of ketones is 2. The minimum atomic E-state index is -3.26. The first-order valence-electron chi connectivity index (χ1n) is 19.5. The van der Waals surface area contributed by atoms with Crippen LogP contribution in [0.3, 0.4) is 0 Å². The Morgan fingerprint density at radius 1 is 1.05 bits per heavy atom. The number of Topliss-reactive ketones (excluding diaryl/α,β-unsaturated/α-hetero) is 2. The van der Waals surface area contributed by atoms with E-state index in [9.17, 15) is 24.3 Å². The van der Waals surface area contributed by atoms with Crippen LogP contribution in [0.5, 0.6) is 0 Å². The molecule has 2 N–H and O–H groups in total. The first kappa shape index (κ1) is 43.3. The molecule has 0 radical (unpaired) electrons. The largest absolute Gasteiger partial charge is 0.455 e. The lowest BCUT2D eigenvalue weighted by atomic mass is 9.73. The van der Waals surface area contributed by atoms with Gasteiger partial charge in [-0.1, -0.05) is 65.0 Å². The molecule has 1 aromatic carbocycles. The topological polar surface area (TPSA) is 163 Å². The lowest BCUT2D eigenvalue weighted by Gasteiger charge is -2.45. The number of hydrogen-bond acceptors (Lipinski definition) is 12. The molecule has 3 fully saturated rings. The molecular weight excluding hydrogens is 725 g/mol. The van der Waals surface area contributed by atoms with Gasteiger partial charge in [-0.2, -0.15) is 0 Å². The van der Waals surface area contributed by atoms with Crippen LogP contribution in [-0.4, -0.2) is 120 Å². The molecule has 3 aliphatic heterocycles. The Labute approximate surface area is 328 Å². The van der Waals surface area contributed by atoms with Crippen molar-refractivity contribution in [2.45, 2.75) is 128 Å². The third-order valence-electron chi connectivity index (χ3n) is 12.2. The second kappa shape index (κ2) is 17.4. The molecule has 0 saturated carbocycles. The van der Waals surface area contributed by atoms with Crippen molar-refractivity contribution in [2.24, 2.45) is 23.7 Å². The predicted octanol–water partition coefficient (Wildman–Crippen LogP) is 5.06. The summed E-state index contributed by atoms with van der Waals surface area (Å²) in [6.45, 7) is 11.6. The number of pyridine rings is 1. The Kier molecular flexibility index (Phi) is 13.4. The number of esters is 1. The van der Waals surface area contributed by atoms with Gasteiger partial charge in [-0.05, 0) is 58.5 Å². The number of fused-ring (bicyclic) bond motifs is 2. The quantitative estimate of drug-likeness (QED) is 0.271. The molecule has 3 saturated heterocycles. The lowest BCUT2D eigenvalue weighted by molar-refractivity contribution is -0.282. The molecule has 0 spiro atoms. The smallest absolute Gasteiger partial charge is 0.408 e. The summed E-state index contributed by atoms with van der Waals surface area (Å²) in [6.07, 6.45) is -2.52. The van der Waals surface area contributed by atoms with Gasteiger partial charge in [0.1, 0.15) is 18.0 Å². The van der Waals surface area contributed by atoms with Gasteiger partial charge in [0.05, 0.1) is 29.9 Å². The maximum absolute atomic E-state index is 17.9. The zero-order valence-corrected chi connectivity index (χ0v) is 34.1. The molecule has 4 heterocycles. The number of alkyl halides is 1. The van der Waals surface area contributed by atoms with Crippen molar-refractivity contribution in [1.29, 1.82) is 0 Å². The van der Waals surface area contributed by atoms with Gasteiger partial charge in [0.15, 0.2) is 17.7 Å². The van der Waals surface area contributed by atoms with Crippen molar-refractivity contribution in [3.05, 3.63) is 48.2 Å². The van der Waals surface area contributed by atoms with Gasteiger partial charge in [0.25, 0.3) is 5.67 Å². The van der Waals surface area contributed by atoms with Crippen molar-refractivity contribution in [2.75, 3.05) is 21.2 Å². The molecule has 5 rings (SSSR count). The molecule has 3 aliphatic rings. The van der Waals surface area contributed by atoms with E-state index in [2.05, 4.69) is 10.3 Å². The molecule has 0 bridgehead atoms. The fourth-order valence-electron chi connectivity index (χ4n) is 8.92. The van der Waals surface area contributed by atoms with Crippen LogP contribution in [0.2, 0.25) is 0 Å². The summed E-state index contributed by atoms with van der Waals surface area (Å²) in [5.74, 6) is -6.77. The van der Waals surface area contributed by atoms with E-state index in [1.807, 2.05) is 56.3 Å². The molecule has 14 heteroatoms. The Balaban J connectivity index is 1.61. The number of carbonyl (C=O) groups is 4. The number of likely N-dealkylation sites (N-methyl/N-ethyl adjacent to an activating group) is 1. The molecule has 2 unspecified atom stereocenters. The summed E-state index contributed by atoms with van der Waals surface area (Å²) in [4.78, 5) is 62.6. The summed E-state index contributed by atoms with van der Waals surface area (Å²) in [5, 5.41) is 15.0. The van der Waals surface area contributed by atoms with Gasteiger partial charge in [-0.15, -0.1) is 0 Å². The fraction of sp³-hybridized carbons (Fsp3) is 0.643. The first-order chi connectivity index (χ1) is 26.4. The van der Waals surface area contributed by atoms with Gasteiger partial charge >= 0.3 is 12.1 Å². The number of nitrogens with zero attached hydrogens (tertiary/aromatic N) is 2.